The number of hydrogen-bond donors (Lipinski definition) is 2. The molecule has 7 heteroatoms. The second-order valence-corrected chi connectivity index (χ2v) is 1.95. The number of rotatable bonds is 0. The SMILES string of the molecule is Nc1nc2[nH+]cnn2c(=O)[nH]1. The molecule has 0 spiro atoms. The van der Waals surface area contributed by atoms with E-state index < -0.39 is 5.69 Å². The maximum absolute atomic E-state index is 11.0. The van der Waals surface area contributed by atoms with Crippen LogP contribution in [0.25, 0.3) is 5.78 Å². The third-order valence-corrected chi connectivity index (χ3v) is 1.22. The molecule has 2 heterocycles. The molecular weight excluding hydrogens is 148 g/mol. The first kappa shape index (κ1) is 5.83. The van der Waals surface area contributed by atoms with E-state index in [2.05, 4.69) is 20.1 Å². The predicted octanol–water partition coefficient (Wildman–Crippen LogP) is -2.19. The van der Waals surface area contributed by atoms with Gasteiger partial charge in [0.05, 0.1) is 0 Å². The molecule has 11 heavy (non-hydrogen) atoms. The van der Waals surface area contributed by atoms with Crippen LogP contribution in [0.2, 0.25) is 0 Å². The first-order valence-corrected chi connectivity index (χ1v) is 2.88. The zero-order valence-corrected chi connectivity index (χ0v) is 5.40. The molecule has 0 aliphatic rings. The van der Waals surface area contributed by atoms with E-state index in [1.807, 2.05) is 0 Å². The van der Waals surface area contributed by atoms with E-state index in [-0.39, 0.29) is 5.95 Å². The minimum absolute atomic E-state index is 0.0688. The van der Waals surface area contributed by atoms with Crippen molar-refractivity contribution in [3.8, 4) is 0 Å². The maximum atomic E-state index is 11.0. The number of nitrogen functional groups attached to an aromatic ring is 1. The van der Waals surface area contributed by atoms with E-state index in [0.29, 0.717) is 5.78 Å². The Morgan fingerprint density at radius 2 is 2.55 bits per heavy atom. The Labute approximate surface area is 59.9 Å². The van der Waals surface area contributed by atoms with Crippen LogP contribution in [-0.4, -0.2) is 19.6 Å². The molecule has 0 radical (unpaired) electrons. The molecule has 0 aromatic carbocycles. The van der Waals surface area contributed by atoms with Crippen LogP contribution in [-0.2, 0) is 0 Å². The maximum Gasteiger partial charge on any atom is 0.408 e. The van der Waals surface area contributed by atoms with Gasteiger partial charge in [0.25, 0.3) is 5.95 Å². The normalized spacial score (nSPS) is 10.5. The van der Waals surface area contributed by atoms with Gasteiger partial charge < -0.3 is 5.73 Å². The molecule has 0 aliphatic heterocycles. The molecule has 2 aromatic rings. The van der Waals surface area contributed by atoms with Gasteiger partial charge in [-0.15, -0.1) is 0 Å². The lowest BCUT2D eigenvalue weighted by Gasteiger charge is -1.83. The van der Waals surface area contributed by atoms with Crippen molar-refractivity contribution in [2.45, 2.75) is 0 Å². The molecule has 4 N–H and O–H groups in total. The lowest BCUT2D eigenvalue weighted by molar-refractivity contribution is -0.349. The van der Waals surface area contributed by atoms with Crippen molar-refractivity contribution in [1.82, 2.24) is 19.6 Å². The van der Waals surface area contributed by atoms with Crippen LogP contribution in [0.3, 0.4) is 0 Å². The zero-order valence-electron chi connectivity index (χ0n) is 5.40. The lowest BCUT2D eigenvalue weighted by Crippen LogP contribution is -2.21. The van der Waals surface area contributed by atoms with Crippen LogP contribution >= 0.6 is 0 Å². The second kappa shape index (κ2) is 1.78. The summed E-state index contributed by atoms with van der Waals surface area (Å²) < 4.78 is 1.08. The van der Waals surface area contributed by atoms with Crippen molar-refractivity contribution < 1.29 is 4.98 Å². The lowest BCUT2D eigenvalue weighted by atomic mass is 10.9. The Morgan fingerprint density at radius 3 is 3.36 bits per heavy atom. The quantitative estimate of drug-likeness (QED) is 0.448. The van der Waals surface area contributed by atoms with Crippen LogP contribution in [0.4, 0.5) is 5.95 Å². The summed E-state index contributed by atoms with van der Waals surface area (Å²) in [6.07, 6.45) is 1.36. The molecule has 7 nitrogen and oxygen atoms in total. The average molecular weight is 153 g/mol. The van der Waals surface area contributed by atoms with Crippen molar-refractivity contribution in [2.24, 2.45) is 0 Å². The first-order chi connectivity index (χ1) is 5.27. The van der Waals surface area contributed by atoms with E-state index in [0.717, 1.165) is 4.52 Å². The van der Waals surface area contributed by atoms with Gasteiger partial charge in [-0.25, -0.2) is 9.78 Å². The van der Waals surface area contributed by atoms with Crippen molar-refractivity contribution in [2.75, 3.05) is 5.73 Å². The number of aromatic amines is 2. The summed E-state index contributed by atoms with van der Waals surface area (Å²) in [4.78, 5) is 19.7. The summed E-state index contributed by atoms with van der Waals surface area (Å²) >= 11 is 0. The molecular formula is C4H5N6O+. The van der Waals surface area contributed by atoms with Crippen LogP contribution < -0.4 is 16.4 Å². The van der Waals surface area contributed by atoms with Crippen LogP contribution in [0.5, 0.6) is 0 Å². The van der Waals surface area contributed by atoms with Crippen molar-refractivity contribution in [1.29, 1.82) is 0 Å². The molecule has 0 bridgehead atoms. The number of hydrogen-bond acceptors (Lipinski definition) is 4. The number of anilines is 1. The number of aromatic nitrogens is 5. The topological polar surface area (TPSA) is 103 Å². The highest BCUT2D eigenvalue weighted by atomic mass is 16.1. The van der Waals surface area contributed by atoms with Gasteiger partial charge in [-0.2, -0.15) is 0 Å². The Bertz CT molecular complexity index is 441. The van der Waals surface area contributed by atoms with E-state index >= 15 is 0 Å². The fourth-order valence-corrected chi connectivity index (χ4v) is 0.793. The second-order valence-electron chi connectivity index (χ2n) is 1.95. The molecule has 56 valence electrons. The monoisotopic (exact) mass is 153 g/mol. The van der Waals surface area contributed by atoms with E-state index in [1.165, 1.54) is 6.33 Å². The van der Waals surface area contributed by atoms with Crippen LogP contribution in [0.1, 0.15) is 0 Å². The molecule has 0 unspecified atom stereocenters. The van der Waals surface area contributed by atoms with Crippen molar-refractivity contribution in [3.63, 3.8) is 0 Å². The number of H-pyrrole nitrogens is 2. The first-order valence-electron chi connectivity index (χ1n) is 2.88. The van der Waals surface area contributed by atoms with Crippen molar-refractivity contribution in [3.05, 3.63) is 16.8 Å². The van der Waals surface area contributed by atoms with Gasteiger partial charge in [0.1, 0.15) is 0 Å². The highest BCUT2D eigenvalue weighted by Gasteiger charge is 2.08. The molecule has 0 fully saturated rings. The Kier molecular flexibility index (Phi) is 0.945. The van der Waals surface area contributed by atoms with Gasteiger partial charge in [-0.3, -0.25) is 4.98 Å². The highest BCUT2D eigenvalue weighted by Crippen LogP contribution is 1.84. The highest BCUT2D eigenvalue weighted by molar-refractivity contribution is 5.24. The number of nitrogens with zero attached hydrogens (tertiary/aromatic N) is 3. The third kappa shape index (κ3) is 0.741. The smallest absolute Gasteiger partial charge is 0.359 e. The number of nitrogens with one attached hydrogen (secondary N) is 2. The van der Waals surface area contributed by atoms with Crippen molar-refractivity contribution >= 4 is 11.7 Å². The molecule has 2 rings (SSSR count). The number of nitrogens with two attached hydrogens (primary N) is 1. The summed E-state index contributed by atoms with van der Waals surface area (Å²) in [7, 11) is 0. The summed E-state index contributed by atoms with van der Waals surface area (Å²) in [5.74, 6) is 0.394. The minimum atomic E-state index is -0.409. The van der Waals surface area contributed by atoms with Gasteiger partial charge >= 0.3 is 11.5 Å². The summed E-state index contributed by atoms with van der Waals surface area (Å²) in [6.45, 7) is 0. The van der Waals surface area contributed by atoms with Gasteiger partial charge in [-0.05, 0) is 4.52 Å². The van der Waals surface area contributed by atoms with E-state index in [9.17, 15) is 4.79 Å². The molecule has 0 saturated carbocycles. The Balaban J connectivity index is 3.02. The van der Waals surface area contributed by atoms with Crippen LogP contribution in [0, 0.1) is 0 Å². The zero-order chi connectivity index (χ0) is 7.84. The fourth-order valence-electron chi connectivity index (χ4n) is 0.793. The van der Waals surface area contributed by atoms with E-state index in [1.54, 1.807) is 0 Å². The fraction of sp³-hybridized carbons (Fsp3) is 0. The summed E-state index contributed by atoms with van der Waals surface area (Å²) in [6, 6.07) is 0. The molecule has 2 aromatic heterocycles. The Hall–Kier alpha value is -1.92. The van der Waals surface area contributed by atoms with Crippen LogP contribution in [0.15, 0.2) is 11.1 Å². The summed E-state index contributed by atoms with van der Waals surface area (Å²) in [5, 5.41) is 3.66. The molecule has 0 atom stereocenters. The molecule has 0 saturated heterocycles. The third-order valence-electron chi connectivity index (χ3n) is 1.22. The average Bonchev–Trinajstić information content (AvgIpc) is 2.34. The largest absolute Gasteiger partial charge is 0.408 e. The minimum Gasteiger partial charge on any atom is -0.359 e. The summed E-state index contributed by atoms with van der Waals surface area (Å²) in [5.41, 5.74) is 4.85. The number of fused-ring (bicyclic) bond motifs is 1. The van der Waals surface area contributed by atoms with Gasteiger partial charge in [0, 0.05) is 5.10 Å². The molecule has 0 amide bonds. The standard InChI is InChI=1S/C4H4N6O/c5-2-8-3-6-1-7-10(3)4(11)9-2/h1H,(H3,5,6,7,8,9,11)/p+1. The van der Waals surface area contributed by atoms with Gasteiger partial charge in [0.2, 0.25) is 6.33 Å². The predicted molar refractivity (Wildman–Crippen MR) is 34.6 cm³/mol. The van der Waals surface area contributed by atoms with Gasteiger partial charge in [-0.1, -0.05) is 4.98 Å². The Morgan fingerprint density at radius 1 is 1.73 bits per heavy atom. The molecule has 0 aliphatic carbocycles. The van der Waals surface area contributed by atoms with Gasteiger partial charge in [0.15, 0.2) is 0 Å². The van der Waals surface area contributed by atoms with E-state index in [4.69, 9.17) is 5.73 Å².